The van der Waals surface area contributed by atoms with E-state index in [-0.39, 0.29) is 5.54 Å². The standard InChI is InChI=1S/C14H24ClN3/c1-6-14(5,7-8-15)18-12-9-11(4)16-13(17-12)10(2)3/h9-10H,6-8H2,1-5H3,(H,16,17,18). The molecule has 0 amide bonds. The first-order valence-corrected chi connectivity index (χ1v) is 7.13. The lowest BCUT2D eigenvalue weighted by Gasteiger charge is -2.30. The fourth-order valence-corrected chi connectivity index (χ4v) is 2.18. The van der Waals surface area contributed by atoms with Crippen molar-refractivity contribution in [2.45, 2.75) is 58.9 Å². The number of aromatic nitrogens is 2. The van der Waals surface area contributed by atoms with Gasteiger partial charge in [-0.15, -0.1) is 11.6 Å². The van der Waals surface area contributed by atoms with Crippen LogP contribution in [-0.4, -0.2) is 21.4 Å². The summed E-state index contributed by atoms with van der Waals surface area (Å²) < 4.78 is 0. The molecule has 0 saturated carbocycles. The van der Waals surface area contributed by atoms with Crippen molar-refractivity contribution in [2.24, 2.45) is 0 Å². The molecule has 102 valence electrons. The van der Waals surface area contributed by atoms with E-state index in [4.69, 9.17) is 11.6 Å². The highest BCUT2D eigenvalue weighted by Gasteiger charge is 2.22. The van der Waals surface area contributed by atoms with Crippen LogP contribution in [0.4, 0.5) is 5.82 Å². The minimum atomic E-state index is -0.00318. The first kappa shape index (κ1) is 15.2. The molecular formula is C14H24ClN3. The van der Waals surface area contributed by atoms with Gasteiger partial charge in [0.1, 0.15) is 11.6 Å². The maximum Gasteiger partial charge on any atom is 0.133 e. The number of alkyl halides is 1. The topological polar surface area (TPSA) is 37.8 Å². The van der Waals surface area contributed by atoms with Gasteiger partial charge in [-0.25, -0.2) is 9.97 Å². The molecule has 1 aromatic heterocycles. The van der Waals surface area contributed by atoms with Crippen LogP contribution in [0.2, 0.25) is 0 Å². The molecule has 1 atom stereocenters. The third kappa shape index (κ3) is 4.13. The van der Waals surface area contributed by atoms with Crippen LogP contribution >= 0.6 is 11.6 Å². The molecular weight excluding hydrogens is 246 g/mol. The second kappa shape index (κ2) is 6.37. The van der Waals surface area contributed by atoms with Crippen LogP contribution < -0.4 is 5.32 Å². The van der Waals surface area contributed by atoms with Crippen molar-refractivity contribution in [2.75, 3.05) is 11.2 Å². The van der Waals surface area contributed by atoms with Crippen LogP contribution in [0.3, 0.4) is 0 Å². The normalized spacial score (nSPS) is 14.6. The summed E-state index contributed by atoms with van der Waals surface area (Å²) in [4.78, 5) is 9.04. The maximum atomic E-state index is 5.87. The van der Waals surface area contributed by atoms with Crippen molar-refractivity contribution in [3.05, 3.63) is 17.6 Å². The SMILES string of the molecule is CCC(C)(CCCl)Nc1cc(C)nc(C(C)C)n1. The summed E-state index contributed by atoms with van der Waals surface area (Å²) in [6.45, 7) is 10.6. The lowest BCUT2D eigenvalue weighted by Crippen LogP contribution is -2.35. The first-order valence-electron chi connectivity index (χ1n) is 6.60. The molecule has 0 aliphatic carbocycles. The molecule has 0 aromatic carbocycles. The van der Waals surface area contributed by atoms with Gasteiger partial charge in [-0.3, -0.25) is 0 Å². The Hall–Kier alpha value is -0.830. The fourth-order valence-electron chi connectivity index (χ4n) is 1.76. The number of aryl methyl sites for hydroxylation is 1. The van der Waals surface area contributed by atoms with Crippen LogP contribution in [0, 0.1) is 6.92 Å². The van der Waals surface area contributed by atoms with Crippen LogP contribution in [0.15, 0.2) is 6.07 Å². The minimum Gasteiger partial charge on any atom is -0.365 e. The molecule has 0 spiro atoms. The number of rotatable bonds is 6. The Morgan fingerprint density at radius 2 is 2.06 bits per heavy atom. The van der Waals surface area contributed by atoms with Crippen molar-refractivity contribution in [1.82, 2.24) is 9.97 Å². The fraction of sp³-hybridized carbons (Fsp3) is 0.714. The van der Waals surface area contributed by atoms with Crippen molar-refractivity contribution in [1.29, 1.82) is 0 Å². The summed E-state index contributed by atoms with van der Waals surface area (Å²) in [6.07, 6.45) is 1.94. The summed E-state index contributed by atoms with van der Waals surface area (Å²) in [5.74, 6) is 2.78. The van der Waals surface area contributed by atoms with Crippen molar-refractivity contribution < 1.29 is 0 Å². The van der Waals surface area contributed by atoms with Crippen molar-refractivity contribution in [3.8, 4) is 0 Å². The molecule has 1 heterocycles. The predicted molar refractivity (Wildman–Crippen MR) is 78.5 cm³/mol. The zero-order valence-electron chi connectivity index (χ0n) is 12.0. The quantitative estimate of drug-likeness (QED) is 0.790. The molecule has 1 unspecified atom stereocenters. The number of hydrogen-bond donors (Lipinski definition) is 1. The van der Waals surface area contributed by atoms with E-state index < -0.39 is 0 Å². The number of nitrogens with zero attached hydrogens (tertiary/aromatic N) is 2. The van der Waals surface area contributed by atoms with Gasteiger partial charge in [0.05, 0.1) is 0 Å². The predicted octanol–water partition coefficient (Wildman–Crippen LogP) is 4.12. The van der Waals surface area contributed by atoms with Gasteiger partial charge >= 0.3 is 0 Å². The van der Waals surface area contributed by atoms with Gasteiger partial charge in [-0.2, -0.15) is 0 Å². The number of hydrogen-bond acceptors (Lipinski definition) is 3. The average molecular weight is 270 g/mol. The van der Waals surface area contributed by atoms with Crippen molar-refractivity contribution >= 4 is 17.4 Å². The number of nitrogens with one attached hydrogen (secondary N) is 1. The van der Waals surface area contributed by atoms with Crippen LogP contribution in [-0.2, 0) is 0 Å². The second-order valence-corrected chi connectivity index (χ2v) is 5.76. The molecule has 3 nitrogen and oxygen atoms in total. The highest BCUT2D eigenvalue weighted by atomic mass is 35.5. The third-order valence-corrected chi connectivity index (χ3v) is 3.43. The van der Waals surface area contributed by atoms with Gasteiger partial charge in [-0.05, 0) is 26.7 Å². The summed E-state index contributed by atoms with van der Waals surface area (Å²) >= 11 is 5.87. The minimum absolute atomic E-state index is 0.00318. The second-order valence-electron chi connectivity index (χ2n) is 5.39. The molecule has 0 aliphatic heterocycles. The van der Waals surface area contributed by atoms with Gasteiger partial charge in [0.25, 0.3) is 0 Å². The van der Waals surface area contributed by atoms with E-state index in [0.717, 1.165) is 30.2 Å². The highest BCUT2D eigenvalue weighted by molar-refractivity contribution is 6.17. The largest absolute Gasteiger partial charge is 0.365 e. The van der Waals surface area contributed by atoms with Gasteiger partial charge in [0.15, 0.2) is 0 Å². The molecule has 1 aromatic rings. The monoisotopic (exact) mass is 269 g/mol. The number of anilines is 1. The molecule has 0 aliphatic rings. The van der Waals surface area contributed by atoms with E-state index in [0.29, 0.717) is 11.8 Å². The van der Waals surface area contributed by atoms with Gasteiger partial charge in [-0.1, -0.05) is 20.8 Å². The molecule has 18 heavy (non-hydrogen) atoms. The summed E-state index contributed by atoms with van der Waals surface area (Å²) in [5, 5.41) is 3.51. The Labute approximate surface area is 115 Å². The third-order valence-electron chi connectivity index (χ3n) is 3.24. The lowest BCUT2D eigenvalue weighted by molar-refractivity contribution is 0.478. The van der Waals surface area contributed by atoms with Crippen molar-refractivity contribution in [3.63, 3.8) is 0 Å². The molecule has 1 rings (SSSR count). The number of halogens is 1. The molecule has 0 fully saturated rings. The van der Waals surface area contributed by atoms with E-state index in [1.807, 2.05) is 13.0 Å². The highest BCUT2D eigenvalue weighted by Crippen LogP contribution is 2.22. The summed E-state index contributed by atoms with van der Waals surface area (Å²) in [7, 11) is 0. The van der Waals surface area contributed by atoms with Gasteiger partial charge in [0, 0.05) is 29.1 Å². The van der Waals surface area contributed by atoms with Crippen LogP contribution in [0.25, 0.3) is 0 Å². The Morgan fingerprint density at radius 1 is 1.39 bits per heavy atom. The van der Waals surface area contributed by atoms with Crippen LogP contribution in [0.1, 0.15) is 58.0 Å². The smallest absolute Gasteiger partial charge is 0.133 e. The van der Waals surface area contributed by atoms with Gasteiger partial charge < -0.3 is 5.32 Å². The Balaban J connectivity index is 2.96. The zero-order chi connectivity index (χ0) is 13.8. The molecule has 0 radical (unpaired) electrons. The molecule has 1 N–H and O–H groups in total. The maximum absolute atomic E-state index is 5.87. The van der Waals surface area contributed by atoms with E-state index >= 15 is 0 Å². The Bertz CT molecular complexity index is 393. The molecule has 4 heteroatoms. The Kier molecular flexibility index (Phi) is 5.39. The Morgan fingerprint density at radius 3 is 2.56 bits per heavy atom. The van der Waals surface area contributed by atoms with E-state index in [1.54, 1.807) is 0 Å². The van der Waals surface area contributed by atoms with E-state index in [1.165, 1.54) is 0 Å². The zero-order valence-corrected chi connectivity index (χ0v) is 12.8. The average Bonchev–Trinajstić information content (AvgIpc) is 2.28. The van der Waals surface area contributed by atoms with E-state index in [9.17, 15) is 0 Å². The van der Waals surface area contributed by atoms with Crippen LogP contribution in [0.5, 0.6) is 0 Å². The first-order chi connectivity index (χ1) is 8.40. The molecule has 0 saturated heterocycles. The summed E-state index contributed by atoms with van der Waals surface area (Å²) in [6, 6.07) is 1.99. The lowest BCUT2D eigenvalue weighted by atomic mass is 9.95. The van der Waals surface area contributed by atoms with Gasteiger partial charge in [0.2, 0.25) is 0 Å². The van der Waals surface area contributed by atoms with E-state index in [2.05, 4.69) is 43.0 Å². The molecule has 0 bridgehead atoms. The summed E-state index contributed by atoms with van der Waals surface area (Å²) in [5.41, 5.74) is 0.997.